The Kier molecular flexibility index (Phi) is 5.91. The molecule has 2 heteroatoms. The third-order valence-electron chi connectivity index (χ3n) is 5.55. The highest BCUT2D eigenvalue weighted by Crippen LogP contribution is 2.25. The van der Waals surface area contributed by atoms with Crippen LogP contribution in [0.2, 0.25) is 0 Å². The van der Waals surface area contributed by atoms with Crippen LogP contribution in [0.1, 0.15) is 50.7 Å². The van der Waals surface area contributed by atoms with Gasteiger partial charge in [-0.1, -0.05) is 49.8 Å². The van der Waals surface area contributed by atoms with Crippen LogP contribution >= 0.6 is 0 Å². The van der Waals surface area contributed by atoms with Gasteiger partial charge in [-0.15, -0.1) is 0 Å². The molecule has 23 heavy (non-hydrogen) atoms. The Morgan fingerprint density at radius 3 is 2.61 bits per heavy atom. The van der Waals surface area contributed by atoms with E-state index in [-0.39, 0.29) is 0 Å². The first-order valence-electron chi connectivity index (χ1n) is 9.54. The molecular formula is C21H32N2. The summed E-state index contributed by atoms with van der Waals surface area (Å²) in [4.78, 5) is 5.36. The van der Waals surface area contributed by atoms with Crippen molar-refractivity contribution in [3.8, 4) is 0 Å². The standard InChI is InChI=1S/C21H32N2/c1-3-13-23(4-2)21-11-14-22(15-12-21)17-18-9-10-19-7-5-6-8-20(19)16-18/h5-8,16,21H,3-4,9-15,17H2,1-2H3. The van der Waals surface area contributed by atoms with E-state index in [4.69, 9.17) is 0 Å². The summed E-state index contributed by atoms with van der Waals surface area (Å²) in [6, 6.07) is 9.69. The molecule has 0 atom stereocenters. The average Bonchev–Trinajstić information content (AvgIpc) is 2.60. The van der Waals surface area contributed by atoms with E-state index in [1.165, 1.54) is 76.0 Å². The normalized spacial score (nSPS) is 19.7. The van der Waals surface area contributed by atoms with Crippen LogP contribution in [0.3, 0.4) is 0 Å². The van der Waals surface area contributed by atoms with Gasteiger partial charge < -0.3 is 4.90 Å². The zero-order valence-electron chi connectivity index (χ0n) is 14.9. The molecule has 0 bridgehead atoms. The van der Waals surface area contributed by atoms with E-state index in [1.54, 1.807) is 5.57 Å². The number of hydrogen-bond donors (Lipinski definition) is 0. The largest absolute Gasteiger partial charge is 0.301 e. The fourth-order valence-corrected chi connectivity index (χ4v) is 4.23. The number of aryl methyl sites for hydroxylation is 1. The van der Waals surface area contributed by atoms with Gasteiger partial charge in [0.05, 0.1) is 0 Å². The molecular weight excluding hydrogens is 280 g/mol. The van der Waals surface area contributed by atoms with Gasteiger partial charge in [-0.25, -0.2) is 0 Å². The molecule has 0 spiro atoms. The molecule has 126 valence electrons. The summed E-state index contributed by atoms with van der Waals surface area (Å²) in [7, 11) is 0. The van der Waals surface area contributed by atoms with E-state index in [0.29, 0.717) is 0 Å². The maximum absolute atomic E-state index is 2.69. The first-order chi connectivity index (χ1) is 11.3. The van der Waals surface area contributed by atoms with Crippen molar-refractivity contribution in [1.29, 1.82) is 0 Å². The number of hydrogen-bond acceptors (Lipinski definition) is 2. The van der Waals surface area contributed by atoms with Crippen molar-refractivity contribution in [1.82, 2.24) is 9.80 Å². The SMILES string of the molecule is CCCN(CC)C1CCN(CC2=Cc3ccccc3CC2)CC1. The molecule has 1 heterocycles. The second-order valence-electron chi connectivity index (χ2n) is 7.14. The molecule has 0 radical (unpaired) electrons. The van der Waals surface area contributed by atoms with Crippen molar-refractivity contribution in [2.45, 2.75) is 52.0 Å². The summed E-state index contributed by atoms with van der Waals surface area (Å²) in [5, 5.41) is 0. The fourth-order valence-electron chi connectivity index (χ4n) is 4.23. The van der Waals surface area contributed by atoms with E-state index >= 15 is 0 Å². The van der Waals surface area contributed by atoms with E-state index in [2.05, 4.69) is 54.0 Å². The second kappa shape index (κ2) is 8.12. The third-order valence-corrected chi connectivity index (χ3v) is 5.55. The minimum Gasteiger partial charge on any atom is -0.301 e. The lowest BCUT2D eigenvalue weighted by Crippen LogP contribution is -2.45. The molecule has 1 aliphatic heterocycles. The summed E-state index contributed by atoms with van der Waals surface area (Å²) >= 11 is 0. The highest BCUT2D eigenvalue weighted by Gasteiger charge is 2.24. The van der Waals surface area contributed by atoms with Crippen LogP contribution < -0.4 is 0 Å². The Morgan fingerprint density at radius 2 is 1.87 bits per heavy atom. The maximum atomic E-state index is 2.69. The highest BCUT2D eigenvalue weighted by atomic mass is 15.2. The lowest BCUT2D eigenvalue weighted by molar-refractivity contribution is 0.117. The minimum absolute atomic E-state index is 0.817. The molecule has 3 rings (SSSR count). The summed E-state index contributed by atoms with van der Waals surface area (Å²) in [5.74, 6) is 0. The van der Waals surface area contributed by atoms with Gasteiger partial charge in [-0.05, 0) is 69.4 Å². The van der Waals surface area contributed by atoms with Gasteiger partial charge in [-0.2, -0.15) is 0 Å². The van der Waals surface area contributed by atoms with Crippen molar-refractivity contribution in [2.75, 3.05) is 32.7 Å². The summed E-state index contributed by atoms with van der Waals surface area (Å²) in [6.45, 7) is 10.8. The number of benzene rings is 1. The Labute approximate surface area is 142 Å². The first kappa shape index (κ1) is 16.7. The number of nitrogens with zero attached hydrogens (tertiary/aromatic N) is 2. The van der Waals surface area contributed by atoms with Gasteiger partial charge in [0, 0.05) is 12.6 Å². The number of piperidine rings is 1. The van der Waals surface area contributed by atoms with Gasteiger partial charge in [-0.3, -0.25) is 4.90 Å². The van der Waals surface area contributed by atoms with Gasteiger partial charge in [0.2, 0.25) is 0 Å². The van der Waals surface area contributed by atoms with E-state index in [9.17, 15) is 0 Å². The van der Waals surface area contributed by atoms with Gasteiger partial charge >= 0.3 is 0 Å². The molecule has 1 aromatic rings. The maximum Gasteiger partial charge on any atom is 0.0196 e. The number of fused-ring (bicyclic) bond motifs is 1. The van der Waals surface area contributed by atoms with Crippen LogP contribution in [0.15, 0.2) is 29.8 Å². The monoisotopic (exact) mass is 312 g/mol. The Morgan fingerprint density at radius 1 is 1.09 bits per heavy atom. The van der Waals surface area contributed by atoms with Crippen LogP contribution in [-0.4, -0.2) is 48.6 Å². The molecule has 1 aromatic carbocycles. The molecule has 0 saturated carbocycles. The zero-order valence-corrected chi connectivity index (χ0v) is 14.9. The number of rotatable bonds is 6. The lowest BCUT2D eigenvalue weighted by Gasteiger charge is -2.38. The Hall–Kier alpha value is -1.12. The zero-order chi connectivity index (χ0) is 16.1. The van der Waals surface area contributed by atoms with Crippen molar-refractivity contribution in [3.05, 3.63) is 41.0 Å². The molecule has 1 fully saturated rings. The topological polar surface area (TPSA) is 6.48 Å². The molecule has 0 unspecified atom stereocenters. The van der Waals surface area contributed by atoms with Gasteiger partial charge in [0.1, 0.15) is 0 Å². The van der Waals surface area contributed by atoms with Crippen LogP contribution in [0.5, 0.6) is 0 Å². The fraction of sp³-hybridized carbons (Fsp3) is 0.619. The number of likely N-dealkylation sites (tertiary alicyclic amines) is 1. The molecule has 0 N–H and O–H groups in total. The molecule has 0 amide bonds. The van der Waals surface area contributed by atoms with Crippen LogP contribution in [-0.2, 0) is 6.42 Å². The van der Waals surface area contributed by atoms with Crippen molar-refractivity contribution >= 4 is 6.08 Å². The summed E-state index contributed by atoms with van der Waals surface area (Å²) < 4.78 is 0. The van der Waals surface area contributed by atoms with Crippen molar-refractivity contribution in [3.63, 3.8) is 0 Å². The summed E-state index contributed by atoms with van der Waals surface area (Å²) in [6.07, 6.45) is 8.88. The van der Waals surface area contributed by atoms with Gasteiger partial charge in [0.25, 0.3) is 0 Å². The first-order valence-corrected chi connectivity index (χ1v) is 9.54. The lowest BCUT2D eigenvalue weighted by atomic mass is 9.91. The van der Waals surface area contributed by atoms with Crippen LogP contribution in [0.25, 0.3) is 6.08 Å². The van der Waals surface area contributed by atoms with E-state index in [1.807, 2.05) is 0 Å². The Bertz CT molecular complexity index is 526. The molecule has 0 aromatic heterocycles. The van der Waals surface area contributed by atoms with Crippen LogP contribution in [0, 0.1) is 0 Å². The molecule has 1 saturated heterocycles. The van der Waals surface area contributed by atoms with Crippen molar-refractivity contribution in [2.24, 2.45) is 0 Å². The van der Waals surface area contributed by atoms with E-state index in [0.717, 1.165) is 6.04 Å². The summed E-state index contributed by atoms with van der Waals surface area (Å²) in [5.41, 5.74) is 4.60. The average molecular weight is 313 g/mol. The van der Waals surface area contributed by atoms with E-state index < -0.39 is 0 Å². The second-order valence-corrected chi connectivity index (χ2v) is 7.14. The van der Waals surface area contributed by atoms with Crippen LogP contribution in [0.4, 0.5) is 0 Å². The molecule has 2 nitrogen and oxygen atoms in total. The third kappa shape index (κ3) is 4.24. The predicted octanol–water partition coefficient (Wildman–Crippen LogP) is 4.21. The van der Waals surface area contributed by atoms with Gasteiger partial charge in [0.15, 0.2) is 0 Å². The Balaban J connectivity index is 1.52. The smallest absolute Gasteiger partial charge is 0.0196 e. The predicted molar refractivity (Wildman–Crippen MR) is 99.7 cm³/mol. The van der Waals surface area contributed by atoms with Crippen molar-refractivity contribution < 1.29 is 0 Å². The minimum atomic E-state index is 0.817. The quantitative estimate of drug-likeness (QED) is 0.776. The highest BCUT2D eigenvalue weighted by molar-refractivity contribution is 5.59. The molecule has 1 aliphatic carbocycles. The molecule has 2 aliphatic rings.